The molecule has 0 amide bonds. The van der Waals surface area contributed by atoms with E-state index < -0.39 is 0 Å². The molecule has 2 aromatic carbocycles. The lowest BCUT2D eigenvalue weighted by Gasteiger charge is -2.11. The molecule has 28 heavy (non-hydrogen) atoms. The minimum absolute atomic E-state index is 0.0325. The van der Waals surface area contributed by atoms with E-state index in [2.05, 4.69) is 15.4 Å². The van der Waals surface area contributed by atoms with E-state index in [0.717, 1.165) is 34.0 Å². The zero-order valence-corrected chi connectivity index (χ0v) is 15.7. The lowest BCUT2D eigenvalue weighted by Crippen LogP contribution is -2.06. The van der Waals surface area contributed by atoms with Gasteiger partial charge in [0.1, 0.15) is 11.6 Å². The quantitative estimate of drug-likeness (QED) is 0.513. The SMILES string of the molecule is COc1ccc(CNc2cc(-c3cccc(C(C)=O)c3)nc3ccnn23)cc1. The molecule has 0 unspecified atom stereocenters. The van der Waals surface area contributed by atoms with Crippen molar-refractivity contribution in [2.24, 2.45) is 0 Å². The van der Waals surface area contributed by atoms with Crippen LogP contribution in [-0.2, 0) is 6.54 Å². The molecule has 4 aromatic rings. The molecule has 0 bridgehead atoms. The third kappa shape index (κ3) is 3.57. The summed E-state index contributed by atoms with van der Waals surface area (Å²) >= 11 is 0. The summed E-state index contributed by atoms with van der Waals surface area (Å²) in [4.78, 5) is 16.4. The molecule has 0 aliphatic carbocycles. The van der Waals surface area contributed by atoms with E-state index in [0.29, 0.717) is 12.1 Å². The van der Waals surface area contributed by atoms with Gasteiger partial charge in [-0.15, -0.1) is 0 Å². The Kier molecular flexibility index (Phi) is 4.76. The maximum absolute atomic E-state index is 11.7. The second-order valence-electron chi connectivity index (χ2n) is 6.47. The number of hydrogen-bond donors (Lipinski definition) is 1. The molecule has 0 spiro atoms. The van der Waals surface area contributed by atoms with Gasteiger partial charge in [-0.05, 0) is 30.7 Å². The second kappa shape index (κ2) is 7.52. The van der Waals surface area contributed by atoms with Crippen LogP contribution in [0.2, 0.25) is 0 Å². The molecule has 0 saturated heterocycles. The predicted molar refractivity (Wildman–Crippen MR) is 109 cm³/mol. The monoisotopic (exact) mass is 372 g/mol. The lowest BCUT2D eigenvalue weighted by atomic mass is 10.1. The molecule has 4 rings (SSSR count). The van der Waals surface area contributed by atoms with Crippen LogP contribution in [0.1, 0.15) is 22.8 Å². The van der Waals surface area contributed by atoms with Gasteiger partial charge in [0, 0.05) is 29.8 Å². The summed E-state index contributed by atoms with van der Waals surface area (Å²) < 4.78 is 6.97. The van der Waals surface area contributed by atoms with Gasteiger partial charge in [0.25, 0.3) is 0 Å². The van der Waals surface area contributed by atoms with Crippen LogP contribution in [0.3, 0.4) is 0 Å². The minimum Gasteiger partial charge on any atom is -0.497 e. The van der Waals surface area contributed by atoms with Crippen molar-refractivity contribution in [2.75, 3.05) is 12.4 Å². The Labute approximate surface area is 162 Å². The molecule has 0 fully saturated rings. The Morgan fingerprint density at radius 3 is 2.68 bits per heavy atom. The van der Waals surface area contributed by atoms with Gasteiger partial charge in [-0.2, -0.15) is 9.61 Å². The number of carbonyl (C=O) groups excluding carboxylic acids is 1. The summed E-state index contributed by atoms with van der Waals surface area (Å²) in [6.45, 7) is 2.20. The summed E-state index contributed by atoms with van der Waals surface area (Å²) in [7, 11) is 1.65. The van der Waals surface area contributed by atoms with E-state index in [1.165, 1.54) is 0 Å². The number of hydrogen-bond acceptors (Lipinski definition) is 5. The minimum atomic E-state index is 0.0325. The molecule has 0 atom stereocenters. The molecular formula is C22H20N4O2. The molecular weight excluding hydrogens is 352 g/mol. The molecule has 0 radical (unpaired) electrons. The highest BCUT2D eigenvalue weighted by Crippen LogP contribution is 2.24. The topological polar surface area (TPSA) is 68.5 Å². The van der Waals surface area contributed by atoms with Crippen molar-refractivity contribution >= 4 is 17.2 Å². The van der Waals surface area contributed by atoms with Gasteiger partial charge in [0.05, 0.1) is 19.0 Å². The summed E-state index contributed by atoms with van der Waals surface area (Å²) in [5.74, 6) is 1.69. The molecule has 0 aliphatic rings. The summed E-state index contributed by atoms with van der Waals surface area (Å²) in [6, 6.07) is 19.2. The first-order chi connectivity index (χ1) is 13.6. The molecule has 6 nitrogen and oxygen atoms in total. The third-order valence-corrected chi connectivity index (χ3v) is 4.56. The van der Waals surface area contributed by atoms with Gasteiger partial charge in [-0.3, -0.25) is 4.79 Å². The van der Waals surface area contributed by atoms with E-state index in [9.17, 15) is 4.79 Å². The fraction of sp³-hybridized carbons (Fsp3) is 0.136. The van der Waals surface area contributed by atoms with Crippen LogP contribution in [0.15, 0.2) is 66.9 Å². The third-order valence-electron chi connectivity index (χ3n) is 4.56. The highest BCUT2D eigenvalue weighted by Gasteiger charge is 2.10. The van der Waals surface area contributed by atoms with Crippen molar-refractivity contribution in [3.63, 3.8) is 0 Å². The van der Waals surface area contributed by atoms with Crippen molar-refractivity contribution in [3.8, 4) is 17.0 Å². The van der Waals surface area contributed by atoms with Crippen LogP contribution in [-0.4, -0.2) is 27.5 Å². The predicted octanol–water partition coefficient (Wildman–Crippen LogP) is 4.22. The summed E-state index contributed by atoms with van der Waals surface area (Å²) in [6.07, 6.45) is 1.72. The maximum atomic E-state index is 11.7. The molecule has 1 N–H and O–H groups in total. The number of nitrogens with one attached hydrogen (secondary N) is 1. The van der Waals surface area contributed by atoms with Gasteiger partial charge >= 0.3 is 0 Å². The molecule has 0 saturated carbocycles. The molecule has 2 aromatic heterocycles. The normalized spacial score (nSPS) is 10.8. The number of aromatic nitrogens is 3. The van der Waals surface area contributed by atoms with Crippen LogP contribution in [0.25, 0.3) is 16.9 Å². The number of methoxy groups -OCH3 is 1. The Morgan fingerprint density at radius 2 is 1.93 bits per heavy atom. The fourth-order valence-corrected chi connectivity index (χ4v) is 3.02. The van der Waals surface area contributed by atoms with E-state index in [-0.39, 0.29) is 5.78 Å². The molecule has 0 aliphatic heterocycles. The number of Topliss-reactive ketones (excluding diaryl/α,β-unsaturated/α-hetero) is 1. The van der Waals surface area contributed by atoms with E-state index in [4.69, 9.17) is 4.74 Å². The van der Waals surface area contributed by atoms with Crippen LogP contribution in [0.5, 0.6) is 5.75 Å². The summed E-state index contributed by atoms with van der Waals surface area (Å²) in [5, 5.41) is 7.78. The average Bonchev–Trinajstić information content (AvgIpc) is 3.21. The van der Waals surface area contributed by atoms with Crippen molar-refractivity contribution in [3.05, 3.63) is 78.0 Å². The first kappa shape index (κ1) is 17.7. The first-order valence-corrected chi connectivity index (χ1v) is 8.97. The van der Waals surface area contributed by atoms with Gasteiger partial charge < -0.3 is 10.1 Å². The number of benzene rings is 2. The van der Waals surface area contributed by atoms with Crippen LogP contribution in [0.4, 0.5) is 5.82 Å². The highest BCUT2D eigenvalue weighted by atomic mass is 16.5. The average molecular weight is 372 g/mol. The molecule has 2 heterocycles. The molecule has 6 heteroatoms. The number of carbonyl (C=O) groups is 1. The van der Waals surface area contributed by atoms with Crippen molar-refractivity contribution in [2.45, 2.75) is 13.5 Å². The van der Waals surface area contributed by atoms with Gasteiger partial charge in [0.2, 0.25) is 0 Å². The van der Waals surface area contributed by atoms with Gasteiger partial charge in [-0.1, -0.05) is 30.3 Å². The van der Waals surface area contributed by atoms with Crippen molar-refractivity contribution in [1.82, 2.24) is 14.6 Å². The smallest absolute Gasteiger partial charge is 0.159 e. The van der Waals surface area contributed by atoms with Crippen molar-refractivity contribution < 1.29 is 9.53 Å². The number of nitrogens with zero attached hydrogens (tertiary/aromatic N) is 3. The standard InChI is InChI=1S/C22H20N4O2/c1-15(27)17-4-3-5-18(12-17)20-13-22(26-21(25-20)10-11-24-26)23-14-16-6-8-19(28-2)9-7-16/h3-13,23H,14H2,1-2H3. The van der Waals surface area contributed by atoms with Crippen LogP contribution < -0.4 is 10.1 Å². The Hall–Kier alpha value is -3.67. The van der Waals surface area contributed by atoms with E-state index in [1.54, 1.807) is 24.7 Å². The van der Waals surface area contributed by atoms with E-state index >= 15 is 0 Å². The zero-order valence-electron chi connectivity index (χ0n) is 15.7. The maximum Gasteiger partial charge on any atom is 0.159 e. The molecule has 140 valence electrons. The van der Waals surface area contributed by atoms with Gasteiger partial charge in [0.15, 0.2) is 11.4 Å². The van der Waals surface area contributed by atoms with Crippen LogP contribution >= 0.6 is 0 Å². The number of fused-ring (bicyclic) bond motifs is 1. The highest BCUT2D eigenvalue weighted by molar-refractivity contribution is 5.95. The Bertz CT molecular complexity index is 1130. The van der Waals surface area contributed by atoms with E-state index in [1.807, 2.05) is 60.7 Å². The second-order valence-corrected chi connectivity index (χ2v) is 6.47. The van der Waals surface area contributed by atoms with Crippen LogP contribution in [0, 0.1) is 0 Å². The number of ether oxygens (including phenoxy) is 1. The van der Waals surface area contributed by atoms with Crippen molar-refractivity contribution in [1.29, 1.82) is 0 Å². The number of rotatable bonds is 6. The Morgan fingerprint density at radius 1 is 1.11 bits per heavy atom. The Balaban J connectivity index is 1.67. The fourth-order valence-electron chi connectivity index (χ4n) is 3.02. The first-order valence-electron chi connectivity index (χ1n) is 8.97. The van der Waals surface area contributed by atoms with Gasteiger partial charge in [-0.25, -0.2) is 4.98 Å². The lowest BCUT2D eigenvalue weighted by molar-refractivity contribution is 0.101. The zero-order chi connectivity index (χ0) is 19.5. The summed E-state index contributed by atoms with van der Waals surface area (Å²) in [5.41, 5.74) is 4.21. The largest absolute Gasteiger partial charge is 0.497 e. The number of anilines is 1. The number of ketones is 1.